The summed E-state index contributed by atoms with van der Waals surface area (Å²) >= 11 is 0. The lowest BCUT2D eigenvalue weighted by atomic mass is 9.97. The third-order valence-electron chi connectivity index (χ3n) is 5.21. The minimum atomic E-state index is -0.792. The van der Waals surface area contributed by atoms with Gasteiger partial charge in [-0.05, 0) is 24.8 Å². The molecule has 0 aliphatic carbocycles. The number of hydrogen-bond donors (Lipinski definition) is 2. The minimum absolute atomic E-state index is 0.127. The number of nitrogens with zero attached hydrogens (tertiary/aromatic N) is 2. The Kier molecular flexibility index (Phi) is 5.75. The van der Waals surface area contributed by atoms with Gasteiger partial charge in [0.1, 0.15) is 0 Å². The predicted octanol–water partition coefficient (Wildman–Crippen LogP) is 1.86. The van der Waals surface area contributed by atoms with Crippen LogP contribution in [0.1, 0.15) is 37.3 Å². The van der Waals surface area contributed by atoms with Crippen LogP contribution in [0.2, 0.25) is 0 Å². The Hall–Kier alpha value is -2.57. The maximum atomic E-state index is 12.7. The molecule has 7 nitrogen and oxygen atoms in total. The first-order valence-electron chi connectivity index (χ1n) is 9.15. The molecule has 140 valence electrons. The molecule has 3 amide bonds. The van der Waals surface area contributed by atoms with E-state index in [-0.39, 0.29) is 23.9 Å². The number of carboxylic acid groups (broad SMARTS) is 1. The second-order valence-electron chi connectivity index (χ2n) is 6.96. The van der Waals surface area contributed by atoms with Gasteiger partial charge < -0.3 is 20.2 Å². The number of likely N-dealkylation sites (tertiary alicyclic amines) is 2. The van der Waals surface area contributed by atoms with Crippen molar-refractivity contribution >= 4 is 17.9 Å². The van der Waals surface area contributed by atoms with Crippen LogP contribution in [0, 0.1) is 5.92 Å². The fraction of sp³-hybridized carbons (Fsp3) is 0.526. The zero-order valence-electron chi connectivity index (χ0n) is 14.8. The number of hydrogen-bond acceptors (Lipinski definition) is 3. The van der Waals surface area contributed by atoms with E-state index in [0.717, 1.165) is 18.5 Å². The number of benzene rings is 1. The average Bonchev–Trinajstić information content (AvgIpc) is 3.06. The average molecular weight is 359 g/mol. The normalized spacial score (nSPS) is 19.5. The van der Waals surface area contributed by atoms with Gasteiger partial charge in [0, 0.05) is 32.6 Å². The van der Waals surface area contributed by atoms with E-state index in [1.165, 1.54) is 0 Å². The van der Waals surface area contributed by atoms with Crippen molar-refractivity contribution in [3.63, 3.8) is 0 Å². The molecule has 0 aromatic heterocycles. The molecule has 0 radical (unpaired) electrons. The molecule has 2 fully saturated rings. The number of carboxylic acids is 1. The standard InChI is InChI=1S/C19H25N3O4/c23-17-7-4-10-22(17)13-16(14-5-2-1-3-6-14)20-19(26)21-11-8-15(9-12-21)18(24)25/h1-3,5-6,15-16H,4,7-13H2,(H,20,26)(H,24,25). The molecule has 1 unspecified atom stereocenters. The Morgan fingerprint density at radius 1 is 1.15 bits per heavy atom. The molecule has 7 heteroatoms. The number of rotatable bonds is 5. The molecule has 1 aromatic carbocycles. The molecule has 0 saturated carbocycles. The molecule has 0 spiro atoms. The summed E-state index contributed by atoms with van der Waals surface area (Å²) in [6.07, 6.45) is 2.38. The first-order chi connectivity index (χ1) is 12.5. The second-order valence-corrected chi connectivity index (χ2v) is 6.96. The van der Waals surface area contributed by atoms with Gasteiger partial charge in [0.15, 0.2) is 0 Å². The van der Waals surface area contributed by atoms with Gasteiger partial charge in [-0.3, -0.25) is 9.59 Å². The number of carbonyl (C=O) groups is 3. The van der Waals surface area contributed by atoms with E-state index in [0.29, 0.717) is 38.9 Å². The Balaban J connectivity index is 1.64. The van der Waals surface area contributed by atoms with E-state index in [9.17, 15) is 14.4 Å². The highest BCUT2D eigenvalue weighted by Crippen LogP contribution is 2.21. The molecule has 2 heterocycles. The van der Waals surface area contributed by atoms with Crippen molar-refractivity contribution in [2.75, 3.05) is 26.2 Å². The highest BCUT2D eigenvalue weighted by molar-refractivity contribution is 5.78. The monoisotopic (exact) mass is 359 g/mol. The van der Waals surface area contributed by atoms with Crippen molar-refractivity contribution in [2.24, 2.45) is 5.92 Å². The first-order valence-corrected chi connectivity index (χ1v) is 9.15. The van der Waals surface area contributed by atoms with Crippen LogP contribution >= 0.6 is 0 Å². The van der Waals surface area contributed by atoms with Crippen LogP contribution < -0.4 is 5.32 Å². The Labute approximate surface area is 153 Å². The Bertz CT molecular complexity index is 656. The summed E-state index contributed by atoms with van der Waals surface area (Å²) in [5.74, 6) is -1.03. The Morgan fingerprint density at radius 2 is 1.85 bits per heavy atom. The van der Waals surface area contributed by atoms with Crippen LogP contribution in [-0.4, -0.2) is 59.0 Å². The molecule has 1 aromatic rings. The molecule has 3 rings (SSSR count). The molecule has 1 atom stereocenters. The van der Waals surface area contributed by atoms with Crippen molar-refractivity contribution in [3.05, 3.63) is 35.9 Å². The van der Waals surface area contributed by atoms with Crippen molar-refractivity contribution in [2.45, 2.75) is 31.7 Å². The van der Waals surface area contributed by atoms with Gasteiger partial charge in [0.25, 0.3) is 0 Å². The van der Waals surface area contributed by atoms with Crippen molar-refractivity contribution in [3.8, 4) is 0 Å². The third-order valence-corrected chi connectivity index (χ3v) is 5.21. The zero-order chi connectivity index (χ0) is 18.5. The number of nitrogens with one attached hydrogen (secondary N) is 1. The van der Waals surface area contributed by atoms with Crippen molar-refractivity contribution < 1.29 is 19.5 Å². The van der Waals surface area contributed by atoms with Gasteiger partial charge >= 0.3 is 12.0 Å². The minimum Gasteiger partial charge on any atom is -0.481 e. The van der Waals surface area contributed by atoms with E-state index in [2.05, 4.69) is 5.32 Å². The Morgan fingerprint density at radius 3 is 2.42 bits per heavy atom. The summed E-state index contributed by atoms with van der Waals surface area (Å²) in [6, 6.07) is 9.17. The molecule has 26 heavy (non-hydrogen) atoms. The van der Waals surface area contributed by atoms with E-state index in [4.69, 9.17) is 5.11 Å². The summed E-state index contributed by atoms with van der Waals surface area (Å²) in [5, 5.41) is 12.1. The van der Waals surface area contributed by atoms with Crippen LogP contribution in [-0.2, 0) is 9.59 Å². The van der Waals surface area contributed by atoms with Crippen LogP contribution in [0.3, 0.4) is 0 Å². The van der Waals surface area contributed by atoms with Crippen LogP contribution in [0.4, 0.5) is 4.79 Å². The molecule has 2 N–H and O–H groups in total. The van der Waals surface area contributed by atoms with Gasteiger partial charge in [-0.25, -0.2) is 4.79 Å². The van der Waals surface area contributed by atoms with Crippen LogP contribution in [0.25, 0.3) is 0 Å². The van der Waals surface area contributed by atoms with E-state index >= 15 is 0 Å². The molecule has 2 aliphatic rings. The highest BCUT2D eigenvalue weighted by atomic mass is 16.4. The molecule has 2 aliphatic heterocycles. The summed E-state index contributed by atoms with van der Waals surface area (Å²) < 4.78 is 0. The number of carbonyl (C=O) groups excluding carboxylic acids is 2. The van der Waals surface area contributed by atoms with Crippen molar-refractivity contribution in [1.82, 2.24) is 15.1 Å². The molecule has 2 saturated heterocycles. The number of urea groups is 1. The van der Waals surface area contributed by atoms with Crippen molar-refractivity contribution in [1.29, 1.82) is 0 Å². The zero-order valence-corrected chi connectivity index (χ0v) is 14.8. The lowest BCUT2D eigenvalue weighted by molar-refractivity contribution is -0.143. The maximum absolute atomic E-state index is 12.7. The maximum Gasteiger partial charge on any atom is 0.317 e. The van der Waals surface area contributed by atoms with Crippen LogP contribution in [0.15, 0.2) is 30.3 Å². The third kappa shape index (κ3) is 4.33. The molecular weight excluding hydrogens is 334 g/mol. The summed E-state index contributed by atoms with van der Waals surface area (Å²) in [5.41, 5.74) is 0.959. The van der Waals surface area contributed by atoms with E-state index in [1.807, 2.05) is 30.3 Å². The van der Waals surface area contributed by atoms with Gasteiger partial charge in [-0.2, -0.15) is 0 Å². The fourth-order valence-corrected chi connectivity index (χ4v) is 3.61. The number of aliphatic carboxylic acids is 1. The van der Waals surface area contributed by atoms with Gasteiger partial charge in [0.05, 0.1) is 12.0 Å². The predicted molar refractivity (Wildman–Crippen MR) is 95.5 cm³/mol. The second kappa shape index (κ2) is 8.21. The van der Waals surface area contributed by atoms with E-state index < -0.39 is 5.97 Å². The van der Waals surface area contributed by atoms with Gasteiger partial charge in [-0.15, -0.1) is 0 Å². The number of amides is 3. The van der Waals surface area contributed by atoms with Crippen LogP contribution in [0.5, 0.6) is 0 Å². The largest absolute Gasteiger partial charge is 0.481 e. The fourth-order valence-electron chi connectivity index (χ4n) is 3.61. The summed E-state index contributed by atoms with van der Waals surface area (Å²) in [4.78, 5) is 39.2. The molecule has 0 bridgehead atoms. The molecular formula is C19H25N3O4. The number of piperidine rings is 1. The smallest absolute Gasteiger partial charge is 0.317 e. The quantitative estimate of drug-likeness (QED) is 0.840. The first kappa shape index (κ1) is 18.2. The lowest BCUT2D eigenvalue weighted by Gasteiger charge is -2.33. The highest BCUT2D eigenvalue weighted by Gasteiger charge is 2.30. The van der Waals surface area contributed by atoms with Gasteiger partial charge in [-0.1, -0.05) is 30.3 Å². The SMILES string of the molecule is O=C(O)C1CCN(C(=O)NC(CN2CCCC2=O)c2ccccc2)CC1. The summed E-state index contributed by atoms with van der Waals surface area (Å²) in [6.45, 7) is 2.06. The summed E-state index contributed by atoms with van der Waals surface area (Å²) in [7, 11) is 0. The topological polar surface area (TPSA) is 89.9 Å². The van der Waals surface area contributed by atoms with E-state index in [1.54, 1.807) is 9.80 Å². The van der Waals surface area contributed by atoms with Gasteiger partial charge in [0.2, 0.25) is 5.91 Å². The lowest BCUT2D eigenvalue weighted by Crippen LogP contribution is -2.48.